The van der Waals surface area contributed by atoms with Crippen LogP contribution in [0, 0.1) is 0 Å². The molecule has 0 radical (unpaired) electrons. The van der Waals surface area contributed by atoms with Crippen LogP contribution in [0.2, 0.25) is 5.02 Å². The lowest BCUT2D eigenvalue weighted by Gasteiger charge is -2.09. The second-order valence-corrected chi connectivity index (χ2v) is 5.59. The van der Waals surface area contributed by atoms with E-state index in [2.05, 4.69) is 5.32 Å². The Morgan fingerprint density at radius 1 is 1.13 bits per heavy atom. The highest BCUT2D eigenvalue weighted by Crippen LogP contribution is 2.11. The lowest BCUT2D eigenvalue weighted by atomic mass is 10.0. The zero-order chi connectivity index (χ0) is 16.8. The maximum Gasteiger partial charge on any atom is 0.320 e. The van der Waals surface area contributed by atoms with Gasteiger partial charge in [-0.25, -0.2) is 0 Å². The molecule has 1 amide bonds. The molecule has 1 atom stereocenters. The van der Waals surface area contributed by atoms with Gasteiger partial charge in [-0.05, 0) is 35.7 Å². The molecule has 0 spiro atoms. The summed E-state index contributed by atoms with van der Waals surface area (Å²) in [6.07, 6.45) is 0.268. The van der Waals surface area contributed by atoms with Crippen molar-refractivity contribution < 1.29 is 14.7 Å². The number of halogens is 1. The topological polar surface area (TPSA) is 92.4 Å². The van der Waals surface area contributed by atoms with E-state index in [0.29, 0.717) is 17.1 Å². The molecule has 0 bridgehead atoms. The predicted molar refractivity (Wildman–Crippen MR) is 88.4 cm³/mol. The van der Waals surface area contributed by atoms with E-state index in [4.69, 9.17) is 22.4 Å². The van der Waals surface area contributed by atoms with Crippen molar-refractivity contribution in [2.24, 2.45) is 5.73 Å². The second kappa shape index (κ2) is 7.76. The quantitative estimate of drug-likeness (QED) is 0.756. The number of amides is 1. The Bertz CT molecular complexity index is 701. The molecule has 4 N–H and O–H groups in total. The van der Waals surface area contributed by atoms with E-state index in [1.165, 1.54) is 0 Å². The van der Waals surface area contributed by atoms with E-state index in [1.54, 1.807) is 24.3 Å². The fraction of sp³-hybridized carbons (Fsp3) is 0.176. The number of rotatable bonds is 6. The Hall–Kier alpha value is -2.37. The van der Waals surface area contributed by atoms with Crippen LogP contribution >= 0.6 is 11.6 Å². The van der Waals surface area contributed by atoms with Crippen molar-refractivity contribution in [2.75, 3.05) is 0 Å². The molecule has 0 fully saturated rings. The van der Waals surface area contributed by atoms with Gasteiger partial charge >= 0.3 is 5.97 Å². The van der Waals surface area contributed by atoms with Gasteiger partial charge in [-0.1, -0.05) is 41.9 Å². The zero-order valence-electron chi connectivity index (χ0n) is 12.3. The third-order valence-electron chi connectivity index (χ3n) is 3.34. The van der Waals surface area contributed by atoms with Gasteiger partial charge in [-0.3, -0.25) is 9.59 Å². The molecule has 1 unspecified atom stereocenters. The van der Waals surface area contributed by atoms with Gasteiger partial charge in [0.15, 0.2) is 0 Å². The normalized spacial score (nSPS) is 11.7. The summed E-state index contributed by atoms with van der Waals surface area (Å²) in [5.41, 5.74) is 7.74. The van der Waals surface area contributed by atoms with Gasteiger partial charge in [-0.15, -0.1) is 0 Å². The molecule has 6 heteroatoms. The minimum absolute atomic E-state index is 0.204. The predicted octanol–water partition coefficient (Wildman–Crippen LogP) is 2.22. The average Bonchev–Trinajstić information content (AvgIpc) is 2.53. The third kappa shape index (κ3) is 5.09. The molecular weight excluding hydrogens is 316 g/mol. The Balaban J connectivity index is 1.91. The maximum atomic E-state index is 12.0. The van der Waals surface area contributed by atoms with E-state index in [9.17, 15) is 9.59 Å². The second-order valence-electron chi connectivity index (χ2n) is 5.16. The molecule has 0 aliphatic carbocycles. The molecule has 0 saturated heterocycles. The van der Waals surface area contributed by atoms with Crippen molar-refractivity contribution >= 4 is 23.5 Å². The van der Waals surface area contributed by atoms with E-state index < -0.39 is 12.0 Å². The highest BCUT2D eigenvalue weighted by Gasteiger charge is 2.12. The van der Waals surface area contributed by atoms with Gasteiger partial charge in [0.1, 0.15) is 6.04 Å². The number of carboxylic acid groups (broad SMARTS) is 1. The van der Waals surface area contributed by atoms with Gasteiger partial charge in [0.2, 0.25) is 0 Å². The van der Waals surface area contributed by atoms with E-state index in [1.807, 2.05) is 24.3 Å². The summed E-state index contributed by atoms with van der Waals surface area (Å²) in [6, 6.07) is 13.1. The average molecular weight is 333 g/mol. The summed E-state index contributed by atoms with van der Waals surface area (Å²) in [5.74, 6) is -1.23. The highest BCUT2D eigenvalue weighted by molar-refractivity contribution is 6.30. The van der Waals surface area contributed by atoms with E-state index in [-0.39, 0.29) is 12.3 Å². The van der Waals surface area contributed by atoms with Crippen LogP contribution in [-0.4, -0.2) is 23.0 Å². The van der Waals surface area contributed by atoms with Crippen LogP contribution in [0.4, 0.5) is 0 Å². The molecule has 0 aliphatic heterocycles. The molecule has 2 aromatic rings. The van der Waals surface area contributed by atoms with Crippen LogP contribution in [0.1, 0.15) is 21.5 Å². The van der Waals surface area contributed by atoms with Crippen molar-refractivity contribution in [1.82, 2.24) is 5.32 Å². The van der Waals surface area contributed by atoms with Crippen LogP contribution < -0.4 is 11.1 Å². The minimum Gasteiger partial charge on any atom is -0.480 e. The lowest BCUT2D eigenvalue weighted by Crippen LogP contribution is -2.32. The minimum atomic E-state index is -1.03. The highest BCUT2D eigenvalue weighted by atomic mass is 35.5. The molecular formula is C17H17ClN2O3. The first-order valence-corrected chi connectivity index (χ1v) is 7.43. The summed E-state index contributed by atoms with van der Waals surface area (Å²) in [6.45, 7) is 0.372. The summed E-state index contributed by atoms with van der Waals surface area (Å²) in [4.78, 5) is 22.7. The van der Waals surface area contributed by atoms with Gasteiger partial charge in [0, 0.05) is 17.1 Å². The third-order valence-corrected chi connectivity index (χ3v) is 3.57. The summed E-state index contributed by atoms with van der Waals surface area (Å²) < 4.78 is 0. The van der Waals surface area contributed by atoms with Crippen LogP contribution in [0.15, 0.2) is 48.5 Å². The number of hydrogen-bond acceptors (Lipinski definition) is 3. The Morgan fingerprint density at radius 3 is 2.39 bits per heavy atom. The number of benzene rings is 2. The summed E-state index contributed by atoms with van der Waals surface area (Å²) in [5, 5.41) is 12.1. The molecule has 2 rings (SSSR count). The van der Waals surface area contributed by atoms with Crippen molar-refractivity contribution in [3.8, 4) is 0 Å². The number of nitrogens with one attached hydrogen (secondary N) is 1. The largest absolute Gasteiger partial charge is 0.480 e. The van der Waals surface area contributed by atoms with Crippen LogP contribution in [-0.2, 0) is 17.8 Å². The van der Waals surface area contributed by atoms with Crippen LogP contribution in [0.25, 0.3) is 0 Å². The number of carbonyl (C=O) groups excluding carboxylic acids is 1. The molecule has 0 aromatic heterocycles. The standard InChI is InChI=1S/C17H17ClN2O3/c18-14-3-1-2-13(9-14)16(21)20-10-12-6-4-11(5-7-12)8-15(19)17(22)23/h1-7,9,15H,8,10,19H2,(H,20,21)(H,22,23). The SMILES string of the molecule is NC(Cc1ccc(CNC(=O)c2cccc(Cl)c2)cc1)C(=O)O. The number of carboxylic acids is 1. The van der Waals surface area contributed by atoms with Crippen LogP contribution in [0.3, 0.4) is 0 Å². The Morgan fingerprint density at radius 2 is 1.78 bits per heavy atom. The van der Waals surface area contributed by atoms with Crippen molar-refractivity contribution in [1.29, 1.82) is 0 Å². The monoisotopic (exact) mass is 332 g/mol. The van der Waals surface area contributed by atoms with E-state index in [0.717, 1.165) is 11.1 Å². The molecule has 0 heterocycles. The fourth-order valence-corrected chi connectivity index (χ4v) is 2.24. The Labute approximate surface area is 139 Å². The molecule has 0 saturated carbocycles. The van der Waals surface area contributed by atoms with Gasteiger partial charge < -0.3 is 16.2 Å². The summed E-state index contributed by atoms with van der Waals surface area (Å²) in [7, 11) is 0. The molecule has 0 aliphatic rings. The zero-order valence-corrected chi connectivity index (χ0v) is 13.1. The van der Waals surface area contributed by atoms with E-state index >= 15 is 0 Å². The van der Waals surface area contributed by atoms with Gasteiger partial charge in [0.25, 0.3) is 5.91 Å². The van der Waals surface area contributed by atoms with Crippen molar-refractivity contribution in [3.63, 3.8) is 0 Å². The molecule has 120 valence electrons. The first kappa shape index (κ1) is 17.0. The smallest absolute Gasteiger partial charge is 0.320 e. The van der Waals surface area contributed by atoms with Crippen molar-refractivity contribution in [3.05, 3.63) is 70.2 Å². The van der Waals surface area contributed by atoms with Gasteiger partial charge in [-0.2, -0.15) is 0 Å². The number of aliphatic carboxylic acids is 1. The summed E-state index contributed by atoms with van der Waals surface area (Å²) >= 11 is 5.86. The molecule has 23 heavy (non-hydrogen) atoms. The van der Waals surface area contributed by atoms with Crippen LogP contribution in [0.5, 0.6) is 0 Å². The number of carbonyl (C=O) groups is 2. The van der Waals surface area contributed by atoms with Gasteiger partial charge in [0.05, 0.1) is 0 Å². The first-order chi connectivity index (χ1) is 11.0. The first-order valence-electron chi connectivity index (χ1n) is 7.05. The number of nitrogens with two attached hydrogens (primary N) is 1. The Kier molecular flexibility index (Phi) is 5.73. The molecule has 5 nitrogen and oxygen atoms in total. The maximum absolute atomic E-state index is 12.0. The van der Waals surface area contributed by atoms with Crippen molar-refractivity contribution in [2.45, 2.75) is 19.0 Å². The fourth-order valence-electron chi connectivity index (χ4n) is 2.05. The lowest BCUT2D eigenvalue weighted by molar-refractivity contribution is -0.138. The number of hydrogen-bond donors (Lipinski definition) is 3. The molecule has 2 aromatic carbocycles.